The van der Waals surface area contributed by atoms with E-state index in [4.69, 9.17) is 72.5 Å². The molecule has 0 bridgehead atoms. The predicted molar refractivity (Wildman–Crippen MR) is 175 cm³/mol. The van der Waals surface area contributed by atoms with E-state index >= 15 is 0 Å². The molecule has 3 atom stereocenters. The first-order chi connectivity index (χ1) is 20.6. The molecule has 1 aromatic heterocycles. The van der Waals surface area contributed by atoms with Gasteiger partial charge in [0.15, 0.2) is 11.5 Å². The van der Waals surface area contributed by atoms with Crippen LogP contribution in [0.5, 0.6) is 11.5 Å². The van der Waals surface area contributed by atoms with E-state index in [0.717, 1.165) is 5.56 Å². The van der Waals surface area contributed by atoms with E-state index in [1.807, 2.05) is 48.5 Å². The van der Waals surface area contributed by atoms with Crippen molar-refractivity contribution in [1.29, 1.82) is 0 Å². The van der Waals surface area contributed by atoms with Crippen LogP contribution >= 0.6 is 58.0 Å². The second-order valence-electron chi connectivity index (χ2n) is 10.1. The van der Waals surface area contributed by atoms with E-state index in [-0.39, 0.29) is 18.4 Å². The van der Waals surface area contributed by atoms with Gasteiger partial charge in [-0.3, -0.25) is 4.79 Å². The van der Waals surface area contributed by atoms with Gasteiger partial charge in [-0.2, -0.15) is 0 Å². The SMILES string of the molecule is COc1ccc(CC(C)CCC(=O)NCc2nc(C(Cl)c3ccccc3Cl)c(C(Cl)c3ccccc3Cl)[nH]2)c(Cl)c1OC. The molecule has 1 amide bonds. The summed E-state index contributed by atoms with van der Waals surface area (Å²) in [4.78, 5) is 20.8. The number of alkyl halides is 2. The summed E-state index contributed by atoms with van der Waals surface area (Å²) in [5.74, 6) is 1.69. The standard InChI is InChI=1S/C32H32Cl5N3O3/c1-18(16-19-13-14-24(42-2)32(43-3)27(19)35)12-15-26(41)38-17-25-39-30(28(36)20-8-4-6-10-22(20)33)31(40-25)29(37)21-9-5-7-11-23(21)34/h4-11,13-14,18,28-29H,12,15-17H2,1-3H3,(H,38,41)(H,39,40). The maximum atomic E-state index is 12.8. The molecular formula is C32H32Cl5N3O3. The number of imidazole rings is 1. The number of carbonyl (C=O) groups is 1. The number of methoxy groups -OCH3 is 2. The molecule has 4 rings (SSSR count). The smallest absolute Gasteiger partial charge is 0.220 e. The molecule has 0 fully saturated rings. The molecule has 228 valence electrons. The molecule has 1 heterocycles. The second-order valence-corrected chi connectivity index (χ2v) is 12.2. The van der Waals surface area contributed by atoms with E-state index in [9.17, 15) is 4.79 Å². The number of nitrogens with zero attached hydrogens (tertiary/aromatic N) is 1. The van der Waals surface area contributed by atoms with Crippen molar-refractivity contribution in [2.24, 2.45) is 5.92 Å². The molecule has 0 saturated carbocycles. The summed E-state index contributed by atoms with van der Waals surface area (Å²) < 4.78 is 10.7. The van der Waals surface area contributed by atoms with Crippen LogP contribution < -0.4 is 14.8 Å². The predicted octanol–water partition coefficient (Wildman–Crippen LogP) is 9.32. The maximum absolute atomic E-state index is 12.8. The lowest BCUT2D eigenvalue weighted by molar-refractivity contribution is -0.121. The summed E-state index contributed by atoms with van der Waals surface area (Å²) in [6, 6.07) is 18.4. The van der Waals surface area contributed by atoms with Crippen molar-refractivity contribution in [3.8, 4) is 11.5 Å². The van der Waals surface area contributed by atoms with Crippen molar-refractivity contribution in [2.75, 3.05) is 14.2 Å². The highest BCUT2D eigenvalue weighted by Crippen LogP contribution is 2.41. The number of aromatic nitrogens is 2. The van der Waals surface area contributed by atoms with Crippen LogP contribution in [0.4, 0.5) is 0 Å². The average molecular weight is 684 g/mol. The number of hydrogen-bond acceptors (Lipinski definition) is 4. The highest BCUT2D eigenvalue weighted by Gasteiger charge is 2.27. The molecule has 4 aromatic rings. The van der Waals surface area contributed by atoms with Crippen LogP contribution in [0, 0.1) is 5.92 Å². The number of rotatable bonds is 13. The van der Waals surface area contributed by atoms with Crippen LogP contribution in [0.25, 0.3) is 0 Å². The van der Waals surface area contributed by atoms with Crippen LogP contribution in [-0.2, 0) is 17.8 Å². The van der Waals surface area contributed by atoms with Gasteiger partial charge in [-0.1, -0.05) is 84.2 Å². The van der Waals surface area contributed by atoms with Gasteiger partial charge in [0.05, 0.1) is 37.2 Å². The highest BCUT2D eigenvalue weighted by atomic mass is 35.5. The Kier molecular flexibility index (Phi) is 11.9. The van der Waals surface area contributed by atoms with E-state index < -0.39 is 10.8 Å². The first kappa shape index (κ1) is 33.3. The second kappa shape index (κ2) is 15.4. The normalized spacial score (nSPS) is 13.3. The number of carbonyl (C=O) groups excluding carboxylic acids is 1. The zero-order valence-electron chi connectivity index (χ0n) is 23.9. The number of benzene rings is 3. The molecule has 3 aromatic carbocycles. The molecule has 6 nitrogen and oxygen atoms in total. The Morgan fingerprint density at radius 2 is 1.53 bits per heavy atom. The van der Waals surface area contributed by atoms with Crippen molar-refractivity contribution in [3.63, 3.8) is 0 Å². The fraction of sp³-hybridized carbons (Fsp3) is 0.312. The van der Waals surface area contributed by atoms with Gasteiger partial charge in [0.1, 0.15) is 16.6 Å². The summed E-state index contributed by atoms with van der Waals surface area (Å²) in [6.07, 6.45) is 1.69. The minimum absolute atomic E-state index is 0.105. The molecule has 3 unspecified atom stereocenters. The zero-order chi connectivity index (χ0) is 31.1. The van der Waals surface area contributed by atoms with Gasteiger partial charge in [0.2, 0.25) is 5.91 Å². The molecular weight excluding hydrogens is 652 g/mol. The van der Waals surface area contributed by atoms with Crippen LogP contribution in [0.1, 0.15) is 64.4 Å². The minimum atomic E-state index is -0.683. The first-order valence-corrected chi connectivity index (χ1v) is 15.7. The van der Waals surface area contributed by atoms with Gasteiger partial charge in [-0.15, -0.1) is 23.2 Å². The van der Waals surface area contributed by atoms with Gasteiger partial charge in [-0.05, 0) is 53.6 Å². The number of amides is 1. The lowest BCUT2D eigenvalue weighted by Gasteiger charge is -2.16. The summed E-state index contributed by atoms with van der Waals surface area (Å²) in [5, 5.41) is 3.16. The van der Waals surface area contributed by atoms with Gasteiger partial charge < -0.3 is 19.8 Å². The van der Waals surface area contributed by atoms with Crippen LogP contribution in [0.3, 0.4) is 0 Å². The summed E-state index contributed by atoms with van der Waals surface area (Å²) in [6.45, 7) is 2.25. The van der Waals surface area contributed by atoms with Crippen LogP contribution in [0.15, 0.2) is 60.7 Å². The summed E-state index contributed by atoms with van der Waals surface area (Å²) >= 11 is 33.3. The molecule has 2 N–H and O–H groups in total. The largest absolute Gasteiger partial charge is 0.493 e. The van der Waals surface area contributed by atoms with Crippen molar-refractivity contribution in [2.45, 2.75) is 43.5 Å². The molecule has 0 saturated heterocycles. The Morgan fingerprint density at radius 1 is 0.907 bits per heavy atom. The van der Waals surface area contributed by atoms with Gasteiger partial charge in [-0.25, -0.2) is 4.98 Å². The van der Waals surface area contributed by atoms with Crippen molar-refractivity contribution < 1.29 is 14.3 Å². The Labute approximate surface area is 277 Å². The Balaban J connectivity index is 1.44. The van der Waals surface area contributed by atoms with Crippen molar-refractivity contribution >= 4 is 63.9 Å². The minimum Gasteiger partial charge on any atom is -0.493 e. The van der Waals surface area contributed by atoms with Crippen LogP contribution in [-0.4, -0.2) is 30.1 Å². The molecule has 0 radical (unpaired) electrons. The van der Waals surface area contributed by atoms with E-state index in [2.05, 4.69) is 17.2 Å². The average Bonchev–Trinajstić information content (AvgIpc) is 3.44. The third-order valence-corrected chi connectivity index (χ3v) is 9.11. The van der Waals surface area contributed by atoms with E-state index in [1.165, 1.54) is 0 Å². The maximum Gasteiger partial charge on any atom is 0.220 e. The third-order valence-electron chi connectivity index (χ3n) is 7.11. The highest BCUT2D eigenvalue weighted by molar-refractivity contribution is 6.34. The number of nitrogens with one attached hydrogen (secondary N) is 2. The van der Waals surface area contributed by atoms with Crippen LogP contribution in [0.2, 0.25) is 15.1 Å². The monoisotopic (exact) mass is 681 g/mol. The third kappa shape index (κ3) is 8.11. The fourth-order valence-electron chi connectivity index (χ4n) is 4.80. The number of aromatic amines is 1. The van der Waals surface area contributed by atoms with E-state index in [0.29, 0.717) is 74.2 Å². The number of hydrogen-bond donors (Lipinski definition) is 2. The first-order valence-electron chi connectivity index (χ1n) is 13.7. The Morgan fingerprint density at radius 3 is 2.14 bits per heavy atom. The molecule has 0 aliphatic heterocycles. The lowest BCUT2D eigenvalue weighted by Crippen LogP contribution is -2.23. The molecule has 0 aliphatic carbocycles. The molecule has 0 aliphatic rings. The quantitative estimate of drug-likeness (QED) is 0.138. The van der Waals surface area contributed by atoms with Crippen molar-refractivity contribution in [1.82, 2.24) is 15.3 Å². The number of ether oxygens (including phenoxy) is 2. The van der Waals surface area contributed by atoms with Gasteiger partial charge >= 0.3 is 0 Å². The lowest BCUT2D eigenvalue weighted by atomic mass is 9.96. The van der Waals surface area contributed by atoms with Gasteiger partial charge in [0, 0.05) is 16.5 Å². The topological polar surface area (TPSA) is 76.2 Å². The Hall–Kier alpha value is -2.61. The number of halogens is 5. The van der Waals surface area contributed by atoms with Crippen molar-refractivity contribution in [3.05, 3.63) is 110 Å². The fourth-order valence-corrected chi connectivity index (χ4v) is 6.43. The molecule has 43 heavy (non-hydrogen) atoms. The number of H-pyrrole nitrogens is 1. The van der Waals surface area contributed by atoms with Gasteiger partial charge in [0.25, 0.3) is 0 Å². The zero-order valence-corrected chi connectivity index (χ0v) is 27.7. The molecule has 11 heteroatoms. The molecule has 0 spiro atoms. The summed E-state index contributed by atoms with van der Waals surface area (Å²) in [5.41, 5.74) is 3.43. The Bertz CT molecular complexity index is 1490. The van der Waals surface area contributed by atoms with E-state index in [1.54, 1.807) is 26.4 Å². The summed E-state index contributed by atoms with van der Waals surface area (Å²) in [7, 11) is 3.12.